The van der Waals surface area contributed by atoms with Gasteiger partial charge in [-0.2, -0.15) is 0 Å². The Balaban J connectivity index is 2.35. The normalized spacial score (nSPS) is 22.2. The van der Waals surface area contributed by atoms with Crippen LogP contribution in [0.5, 0.6) is 0 Å². The molecule has 21 heavy (non-hydrogen) atoms. The number of hydrogen-bond acceptors (Lipinski definition) is 3. The number of carbonyl (C=O) groups excluding carboxylic acids is 2. The van der Waals surface area contributed by atoms with Crippen molar-refractivity contribution < 1.29 is 18.7 Å². The van der Waals surface area contributed by atoms with Gasteiger partial charge in [0, 0.05) is 6.54 Å². The van der Waals surface area contributed by atoms with E-state index in [1.54, 1.807) is 32.9 Å². The molecule has 0 aromatic heterocycles. The lowest BCUT2D eigenvalue weighted by Crippen LogP contribution is -2.48. The molecular formula is C16H20FNO3. The smallest absolute Gasteiger partial charge is 0.411 e. The Labute approximate surface area is 123 Å². The van der Waals surface area contributed by atoms with Crippen LogP contribution in [0.3, 0.4) is 0 Å². The van der Waals surface area contributed by atoms with E-state index >= 15 is 0 Å². The van der Waals surface area contributed by atoms with Crippen molar-refractivity contribution in [1.82, 2.24) is 4.90 Å². The number of amides is 1. The van der Waals surface area contributed by atoms with E-state index in [2.05, 4.69) is 0 Å². The summed E-state index contributed by atoms with van der Waals surface area (Å²) in [4.78, 5) is 25.5. The van der Waals surface area contributed by atoms with Crippen LogP contribution in [-0.2, 0) is 15.1 Å². The van der Waals surface area contributed by atoms with Crippen molar-refractivity contribution in [3.63, 3.8) is 0 Å². The van der Waals surface area contributed by atoms with Crippen LogP contribution in [0.4, 0.5) is 9.18 Å². The van der Waals surface area contributed by atoms with Gasteiger partial charge in [0.2, 0.25) is 0 Å². The van der Waals surface area contributed by atoms with E-state index in [1.165, 1.54) is 17.0 Å². The largest absolute Gasteiger partial charge is 0.444 e. The summed E-state index contributed by atoms with van der Waals surface area (Å²) in [6.45, 7) is 5.79. The molecule has 1 aromatic rings. The molecule has 0 saturated carbocycles. The van der Waals surface area contributed by atoms with Gasteiger partial charge in [-0.1, -0.05) is 12.1 Å². The third kappa shape index (κ3) is 3.06. The Morgan fingerprint density at radius 1 is 1.33 bits per heavy atom. The first-order valence-corrected chi connectivity index (χ1v) is 7.01. The van der Waals surface area contributed by atoms with E-state index in [1.807, 2.05) is 0 Å². The summed E-state index contributed by atoms with van der Waals surface area (Å²) in [5.74, 6) is -0.374. The molecule has 1 aliphatic rings. The topological polar surface area (TPSA) is 46.6 Å². The van der Waals surface area contributed by atoms with Crippen LogP contribution >= 0.6 is 0 Å². The highest BCUT2D eigenvalue weighted by atomic mass is 19.1. The first-order chi connectivity index (χ1) is 9.78. The summed E-state index contributed by atoms with van der Waals surface area (Å²) >= 11 is 0. The molecule has 114 valence electrons. The third-order valence-corrected chi connectivity index (χ3v) is 3.57. The molecule has 0 radical (unpaired) electrons. The highest BCUT2D eigenvalue weighted by Crippen LogP contribution is 2.38. The molecule has 1 amide bonds. The second-order valence-electron chi connectivity index (χ2n) is 6.28. The Kier molecular flexibility index (Phi) is 4.03. The first-order valence-electron chi connectivity index (χ1n) is 7.01. The maximum absolute atomic E-state index is 13.1. The lowest BCUT2D eigenvalue weighted by atomic mass is 9.89. The maximum atomic E-state index is 13.1. The van der Waals surface area contributed by atoms with E-state index in [4.69, 9.17) is 4.74 Å². The maximum Gasteiger partial charge on any atom is 0.411 e. The Bertz CT molecular complexity index is 535. The minimum Gasteiger partial charge on any atom is -0.444 e. The van der Waals surface area contributed by atoms with Crippen LogP contribution in [0.1, 0.15) is 39.2 Å². The molecule has 0 spiro atoms. The molecule has 5 heteroatoms. The van der Waals surface area contributed by atoms with Crippen molar-refractivity contribution in [3.8, 4) is 0 Å². The predicted molar refractivity (Wildman–Crippen MR) is 76.3 cm³/mol. The fourth-order valence-electron chi connectivity index (χ4n) is 2.64. The van der Waals surface area contributed by atoms with E-state index in [9.17, 15) is 14.0 Å². The third-order valence-electron chi connectivity index (χ3n) is 3.57. The van der Waals surface area contributed by atoms with Crippen LogP contribution in [0, 0.1) is 5.82 Å². The molecule has 1 heterocycles. The van der Waals surface area contributed by atoms with Crippen molar-refractivity contribution in [2.24, 2.45) is 0 Å². The summed E-state index contributed by atoms with van der Waals surface area (Å²) in [6.07, 6.45) is 1.46. The molecule has 0 N–H and O–H groups in total. The monoisotopic (exact) mass is 293 g/mol. The average molecular weight is 293 g/mol. The molecule has 1 aliphatic heterocycles. The molecule has 4 nitrogen and oxygen atoms in total. The molecule has 1 aromatic carbocycles. The van der Waals surface area contributed by atoms with E-state index < -0.39 is 17.2 Å². The Morgan fingerprint density at radius 3 is 2.48 bits per heavy atom. The van der Waals surface area contributed by atoms with Crippen molar-refractivity contribution in [1.29, 1.82) is 0 Å². The van der Waals surface area contributed by atoms with E-state index in [0.29, 0.717) is 24.9 Å². The van der Waals surface area contributed by atoms with Gasteiger partial charge in [-0.05, 0) is 51.3 Å². The highest BCUT2D eigenvalue weighted by molar-refractivity contribution is 5.79. The number of hydrogen-bond donors (Lipinski definition) is 0. The van der Waals surface area contributed by atoms with Crippen LogP contribution in [-0.4, -0.2) is 29.4 Å². The second kappa shape index (κ2) is 5.47. The number of halogens is 1. The number of benzene rings is 1. The number of likely N-dealkylation sites (tertiary alicyclic amines) is 1. The molecule has 2 rings (SSSR count). The molecular weight excluding hydrogens is 273 g/mol. The summed E-state index contributed by atoms with van der Waals surface area (Å²) in [5, 5.41) is 0. The number of rotatable bonds is 2. The van der Waals surface area contributed by atoms with Gasteiger partial charge in [0.05, 0.1) is 0 Å². The first kappa shape index (κ1) is 15.5. The average Bonchev–Trinajstić information content (AvgIpc) is 2.82. The minimum absolute atomic E-state index is 0.374. The summed E-state index contributed by atoms with van der Waals surface area (Å²) in [7, 11) is 0. The van der Waals surface area contributed by atoms with Gasteiger partial charge >= 0.3 is 6.09 Å². The van der Waals surface area contributed by atoms with Gasteiger partial charge in [0.25, 0.3) is 0 Å². The summed E-state index contributed by atoms with van der Waals surface area (Å²) in [5.41, 5.74) is -1.07. The van der Waals surface area contributed by atoms with Crippen LogP contribution < -0.4 is 0 Å². The standard InChI is InChI=1S/C16H20FNO3/c1-15(2,3)21-14(20)18-10-4-9-16(18,11-19)12-5-7-13(17)8-6-12/h5-8,11H,4,9-10H2,1-3H3. The fourth-order valence-corrected chi connectivity index (χ4v) is 2.64. The highest BCUT2D eigenvalue weighted by Gasteiger charge is 2.46. The zero-order valence-electron chi connectivity index (χ0n) is 12.6. The molecule has 1 fully saturated rings. The van der Waals surface area contributed by atoms with Crippen LogP contribution in [0.15, 0.2) is 24.3 Å². The van der Waals surface area contributed by atoms with E-state index in [-0.39, 0.29) is 5.82 Å². The molecule has 1 saturated heterocycles. The van der Waals surface area contributed by atoms with Gasteiger partial charge < -0.3 is 9.53 Å². The molecule has 0 aliphatic carbocycles. The van der Waals surface area contributed by atoms with E-state index in [0.717, 1.165) is 6.29 Å². The lowest BCUT2D eigenvalue weighted by molar-refractivity contribution is -0.117. The predicted octanol–water partition coefficient (Wildman–Crippen LogP) is 3.25. The summed E-state index contributed by atoms with van der Waals surface area (Å²) in [6, 6.07) is 5.69. The zero-order valence-corrected chi connectivity index (χ0v) is 12.6. The lowest BCUT2D eigenvalue weighted by Gasteiger charge is -2.35. The number of nitrogens with zero attached hydrogens (tertiary/aromatic N) is 1. The number of ether oxygens (including phenoxy) is 1. The van der Waals surface area contributed by atoms with Crippen LogP contribution in [0.2, 0.25) is 0 Å². The van der Waals surface area contributed by atoms with Gasteiger partial charge in [-0.25, -0.2) is 9.18 Å². The van der Waals surface area contributed by atoms with Gasteiger partial charge in [0.15, 0.2) is 0 Å². The fraction of sp³-hybridized carbons (Fsp3) is 0.500. The van der Waals surface area contributed by atoms with Crippen molar-refractivity contribution in [2.75, 3.05) is 6.54 Å². The molecule has 1 atom stereocenters. The molecule has 1 unspecified atom stereocenters. The van der Waals surface area contributed by atoms with Gasteiger partial charge in [-0.3, -0.25) is 4.90 Å². The second-order valence-corrected chi connectivity index (χ2v) is 6.28. The molecule has 0 bridgehead atoms. The Hall–Kier alpha value is -1.91. The minimum atomic E-state index is -1.06. The Morgan fingerprint density at radius 2 is 1.95 bits per heavy atom. The van der Waals surface area contributed by atoms with Crippen molar-refractivity contribution in [2.45, 2.75) is 44.8 Å². The van der Waals surface area contributed by atoms with Gasteiger partial charge in [-0.15, -0.1) is 0 Å². The van der Waals surface area contributed by atoms with Crippen molar-refractivity contribution in [3.05, 3.63) is 35.6 Å². The summed E-state index contributed by atoms with van der Waals surface area (Å²) < 4.78 is 18.5. The number of carbonyl (C=O) groups is 2. The van der Waals surface area contributed by atoms with Crippen molar-refractivity contribution >= 4 is 12.4 Å². The zero-order chi connectivity index (χ0) is 15.7. The quantitative estimate of drug-likeness (QED) is 0.786. The van der Waals surface area contributed by atoms with Gasteiger partial charge in [0.1, 0.15) is 23.2 Å². The number of aldehydes is 1. The van der Waals surface area contributed by atoms with Crippen LogP contribution in [0.25, 0.3) is 0 Å². The SMILES string of the molecule is CC(C)(C)OC(=O)N1CCCC1(C=O)c1ccc(F)cc1.